The molecule has 2 aliphatic rings. The minimum absolute atomic E-state index is 0.121. The SMILES string of the molecule is N#Cc1ncnc(N2CCC3(CC2)CN(C(=O)O)C3)n1. The number of hydrogen-bond acceptors (Lipinski definition) is 6. The van der Waals surface area contributed by atoms with Crippen LogP contribution >= 0.6 is 0 Å². The van der Waals surface area contributed by atoms with Crippen LogP contribution < -0.4 is 4.90 Å². The summed E-state index contributed by atoms with van der Waals surface area (Å²) in [5.41, 5.74) is 0.125. The van der Waals surface area contributed by atoms with Crippen LogP contribution in [0.2, 0.25) is 0 Å². The summed E-state index contributed by atoms with van der Waals surface area (Å²) < 4.78 is 0. The van der Waals surface area contributed by atoms with Gasteiger partial charge in [-0.15, -0.1) is 0 Å². The van der Waals surface area contributed by atoms with Crippen molar-refractivity contribution in [3.05, 3.63) is 12.2 Å². The summed E-state index contributed by atoms with van der Waals surface area (Å²) in [5.74, 6) is 0.650. The Hall–Kier alpha value is -2.43. The number of nitrogens with zero attached hydrogens (tertiary/aromatic N) is 6. The van der Waals surface area contributed by atoms with Crippen LogP contribution in [0.5, 0.6) is 0 Å². The number of carboxylic acid groups (broad SMARTS) is 1. The third-order valence-corrected chi connectivity index (χ3v) is 4.09. The number of aromatic nitrogens is 3. The van der Waals surface area contributed by atoms with E-state index in [0.29, 0.717) is 19.0 Å². The number of piperidine rings is 1. The Morgan fingerprint density at radius 1 is 1.35 bits per heavy atom. The van der Waals surface area contributed by atoms with Crippen molar-refractivity contribution < 1.29 is 9.90 Å². The third-order valence-electron chi connectivity index (χ3n) is 4.09. The predicted octanol–water partition coefficient (Wildman–Crippen LogP) is 0.323. The highest BCUT2D eigenvalue weighted by Crippen LogP contribution is 2.40. The van der Waals surface area contributed by atoms with Gasteiger partial charge in [0.25, 0.3) is 0 Å². The predicted molar refractivity (Wildman–Crippen MR) is 68.0 cm³/mol. The summed E-state index contributed by atoms with van der Waals surface area (Å²) in [6, 6.07) is 1.90. The normalized spacial score (nSPS) is 20.4. The molecular formula is C12H14N6O2. The van der Waals surface area contributed by atoms with E-state index < -0.39 is 6.09 Å². The average molecular weight is 274 g/mol. The Labute approximate surface area is 115 Å². The molecular weight excluding hydrogens is 260 g/mol. The number of likely N-dealkylation sites (tertiary alicyclic amines) is 1. The number of rotatable bonds is 1. The molecule has 2 fully saturated rings. The van der Waals surface area contributed by atoms with Crippen molar-refractivity contribution in [2.75, 3.05) is 31.1 Å². The third kappa shape index (κ3) is 2.11. The number of nitriles is 1. The second kappa shape index (κ2) is 4.59. The quantitative estimate of drug-likeness (QED) is 0.786. The van der Waals surface area contributed by atoms with Crippen LogP contribution in [0.4, 0.5) is 10.7 Å². The van der Waals surface area contributed by atoms with Gasteiger partial charge in [-0.25, -0.2) is 14.8 Å². The Morgan fingerprint density at radius 3 is 2.65 bits per heavy atom. The summed E-state index contributed by atoms with van der Waals surface area (Å²) >= 11 is 0. The molecule has 1 aromatic heterocycles. The molecule has 0 aliphatic carbocycles. The van der Waals surface area contributed by atoms with E-state index >= 15 is 0 Å². The van der Waals surface area contributed by atoms with Crippen LogP contribution in [0.3, 0.4) is 0 Å². The van der Waals surface area contributed by atoms with Gasteiger partial charge in [-0.05, 0) is 12.8 Å². The lowest BCUT2D eigenvalue weighted by molar-refractivity contribution is -0.00653. The molecule has 1 aromatic rings. The van der Waals surface area contributed by atoms with Gasteiger partial charge < -0.3 is 14.9 Å². The van der Waals surface area contributed by atoms with Crippen molar-refractivity contribution >= 4 is 12.0 Å². The molecule has 0 radical (unpaired) electrons. The first-order chi connectivity index (χ1) is 9.62. The van der Waals surface area contributed by atoms with Gasteiger partial charge in [0.15, 0.2) is 0 Å². The van der Waals surface area contributed by atoms with Gasteiger partial charge in [0.2, 0.25) is 11.8 Å². The molecule has 1 amide bonds. The highest BCUT2D eigenvalue weighted by atomic mass is 16.4. The molecule has 3 rings (SSSR count). The van der Waals surface area contributed by atoms with E-state index in [-0.39, 0.29) is 11.2 Å². The number of anilines is 1. The van der Waals surface area contributed by atoms with Gasteiger partial charge >= 0.3 is 6.09 Å². The van der Waals surface area contributed by atoms with Gasteiger partial charge in [0.1, 0.15) is 12.4 Å². The summed E-state index contributed by atoms with van der Waals surface area (Å²) in [7, 11) is 0. The highest BCUT2D eigenvalue weighted by Gasteiger charge is 2.47. The molecule has 0 aromatic carbocycles. The summed E-state index contributed by atoms with van der Waals surface area (Å²) in [5, 5.41) is 17.7. The van der Waals surface area contributed by atoms with E-state index in [2.05, 4.69) is 15.0 Å². The van der Waals surface area contributed by atoms with Crippen molar-refractivity contribution in [3.63, 3.8) is 0 Å². The maximum absolute atomic E-state index is 10.8. The molecule has 20 heavy (non-hydrogen) atoms. The largest absolute Gasteiger partial charge is 0.465 e. The van der Waals surface area contributed by atoms with E-state index in [9.17, 15) is 4.79 Å². The standard InChI is InChI=1S/C12H14N6O2/c13-5-9-14-8-15-10(16-9)17-3-1-12(2-4-17)6-18(7-12)11(19)20/h8H,1-4,6-7H2,(H,19,20). The highest BCUT2D eigenvalue weighted by molar-refractivity contribution is 5.66. The first-order valence-corrected chi connectivity index (χ1v) is 6.44. The van der Waals surface area contributed by atoms with Crippen LogP contribution in [-0.2, 0) is 0 Å². The van der Waals surface area contributed by atoms with E-state index in [1.807, 2.05) is 11.0 Å². The number of carbonyl (C=O) groups is 1. The van der Waals surface area contributed by atoms with Crippen LogP contribution in [0.15, 0.2) is 6.33 Å². The van der Waals surface area contributed by atoms with Crippen molar-refractivity contribution in [1.82, 2.24) is 19.9 Å². The molecule has 0 bridgehead atoms. The van der Waals surface area contributed by atoms with E-state index in [0.717, 1.165) is 25.9 Å². The summed E-state index contributed by atoms with van der Waals surface area (Å²) in [4.78, 5) is 26.2. The Morgan fingerprint density at radius 2 is 2.05 bits per heavy atom. The van der Waals surface area contributed by atoms with Crippen LogP contribution in [0.1, 0.15) is 18.7 Å². The maximum atomic E-state index is 10.8. The van der Waals surface area contributed by atoms with Gasteiger partial charge in [0.05, 0.1) is 0 Å². The van der Waals surface area contributed by atoms with Gasteiger partial charge in [-0.1, -0.05) is 0 Å². The molecule has 0 atom stereocenters. The second-order valence-electron chi connectivity index (χ2n) is 5.35. The average Bonchev–Trinajstić information content (AvgIpc) is 2.45. The Bertz CT molecular complexity index is 568. The van der Waals surface area contributed by atoms with Gasteiger partial charge in [-0.2, -0.15) is 10.2 Å². The first-order valence-electron chi connectivity index (χ1n) is 6.44. The minimum atomic E-state index is -0.839. The molecule has 3 heterocycles. The van der Waals surface area contributed by atoms with Crippen molar-refractivity contribution in [1.29, 1.82) is 5.26 Å². The van der Waals surface area contributed by atoms with Crippen LogP contribution in [-0.4, -0.2) is 57.2 Å². The molecule has 8 heteroatoms. The van der Waals surface area contributed by atoms with Crippen LogP contribution in [0, 0.1) is 16.7 Å². The maximum Gasteiger partial charge on any atom is 0.407 e. The summed E-state index contributed by atoms with van der Waals surface area (Å²) in [6.45, 7) is 2.80. The van der Waals surface area contributed by atoms with Crippen molar-refractivity contribution in [2.24, 2.45) is 5.41 Å². The molecule has 2 saturated heterocycles. The summed E-state index contributed by atoms with van der Waals surface area (Å²) in [6.07, 6.45) is 2.35. The molecule has 1 N–H and O–H groups in total. The van der Waals surface area contributed by atoms with Crippen molar-refractivity contribution in [2.45, 2.75) is 12.8 Å². The minimum Gasteiger partial charge on any atom is -0.465 e. The fourth-order valence-electron chi connectivity index (χ4n) is 2.89. The molecule has 0 unspecified atom stereocenters. The van der Waals surface area contributed by atoms with E-state index in [1.165, 1.54) is 11.2 Å². The Kier molecular flexibility index (Phi) is 2.89. The zero-order chi connectivity index (χ0) is 14.2. The zero-order valence-corrected chi connectivity index (χ0v) is 10.9. The fourth-order valence-corrected chi connectivity index (χ4v) is 2.89. The van der Waals surface area contributed by atoms with E-state index in [1.54, 1.807) is 0 Å². The number of amides is 1. The lowest BCUT2D eigenvalue weighted by Crippen LogP contribution is -2.61. The number of hydrogen-bond donors (Lipinski definition) is 1. The molecule has 0 saturated carbocycles. The molecule has 104 valence electrons. The topological polar surface area (TPSA) is 106 Å². The molecule has 1 spiro atoms. The van der Waals surface area contributed by atoms with E-state index in [4.69, 9.17) is 10.4 Å². The first kappa shape index (κ1) is 12.6. The monoisotopic (exact) mass is 274 g/mol. The Balaban J connectivity index is 1.62. The fraction of sp³-hybridized carbons (Fsp3) is 0.583. The molecule has 8 nitrogen and oxygen atoms in total. The van der Waals surface area contributed by atoms with Gasteiger partial charge in [0, 0.05) is 31.6 Å². The lowest BCUT2D eigenvalue weighted by atomic mass is 9.72. The van der Waals surface area contributed by atoms with Crippen LogP contribution in [0.25, 0.3) is 0 Å². The van der Waals surface area contributed by atoms with Gasteiger partial charge in [-0.3, -0.25) is 0 Å². The second-order valence-corrected chi connectivity index (χ2v) is 5.35. The zero-order valence-electron chi connectivity index (χ0n) is 10.9. The molecule has 2 aliphatic heterocycles. The van der Waals surface area contributed by atoms with Crippen molar-refractivity contribution in [3.8, 4) is 6.07 Å². The smallest absolute Gasteiger partial charge is 0.407 e. The lowest BCUT2D eigenvalue weighted by Gasteiger charge is -2.52.